The topological polar surface area (TPSA) is 34.1 Å². The van der Waals surface area contributed by atoms with E-state index < -0.39 is 0 Å². The van der Waals surface area contributed by atoms with E-state index in [1.807, 2.05) is 24.4 Å². The molecule has 0 saturated carbocycles. The van der Waals surface area contributed by atoms with Crippen LogP contribution in [0.15, 0.2) is 41.0 Å². The molecule has 2 aromatic rings. The van der Waals surface area contributed by atoms with Crippen LogP contribution in [-0.4, -0.2) is 12.1 Å². The number of aromatic nitrogens is 1. The number of aryl methyl sites for hydroxylation is 1. The molecule has 0 unspecified atom stereocenters. The van der Waals surface area contributed by atoms with Crippen molar-refractivity contribution in [2.75, 3.05) is 12.4 Å². The molecule has 0 radical (unpaired) electrons. The van der Waals surface area contributed by atoms with Crippen LogP contribution in [0.2, 0.25) is 0 Å². The third-order valence-corrected chi connectivity index (χ3v) is 3.17. The molecule has 2 rings (SSSR count). The number of methoxy groups -OCH3 is 1. The molecule has 0 saturated heterocycles. The van der Waals surface area contributed by atoms with E-state index in [4.69, 9.17) is 4.74 Å². The minimum Gasteiger partial charge on any atom is -0.481 e. The van der Waals surface area contributed by atoms with Crippen LogP contribution in [0.1, 0.15) is 11.1 Å². The van der Waals surface area contributed by atoms with Crippen molar-refractivity contribution in [2.24, 2.45) is 0 Å². The molecular formula is C14H15BrN2O. The minimum atomic E-state index is 0.638. The molecule has 0 aliphatic carbocycles. The average molecular weight is 307 g/mol. The summed E-state index contributed by atoms with van der Waals surface area (Å²) in [7, 11) is 1.62. The average Bonchev–Trinajstić information content (AvgIpc) is 2.38. The largest absolute Gasteiger partial charge is 0.481 e. The van der Waals surface area contributed by atoms with Crippen LogP contribution in [0, 0.1) is 6.92 Å². The SMILES string of the molecule is COc1ccc(CNc2ccc(Br)cc2C)cn1. The van der Waals surface area contributed by atoms with Gasteiger partial charge in [-0.25, -0.2) is 4.98 Å². The van der Waals surface area contributed by atoms with Crippen LogP contribution in [0.3, 0.4) is 0 Å². The Morgan fingerprint density at radius 2 is 2.11 bits per heavy atom. The van der Waals surface area contributed by atoms with Crippen molar-refractivity contribution in [3.63, 3.8) is 0 Å². The number of anilines is 1. The second kappa shape index (κ2) is 5.87. The minimum absolute atomic E-state index is 0.638. The van der Waals surface area contributed by atoms with E-state index in [1.54, 1.807) is 7.11 Å². The Balaban J connectivity index is 2.02. The van der Waals surface area contributed by atoms with Gasteiger partial charge in [0.05, 0.1) is 7.11 Å². The van der Waals surface area contributed by atoms with Crippen molar-refractivity contribution in [3.8, 4) is 5.88 Å². The maximum atomic E-state index is 5.03. The van der Waals surface area contributed by atoms with Gasteiger partial charge in [-0.15, -0.1) is 0 Å². The normalized spacial score (nSPS) is 10.2. The molecule has 1 N–H and O–H groups in total. The van der Waals surface area contributed by atoms with Crippen molar-refractivity contribution >= 4 is 21.6 Å². The zero-order valence-electron chi connectivity index (χ0n) is 10.4. The molecule has 0 aliphatic rings. The molecule has 1 heterocycles. The highest BCUT2D eigenvalue weighted by molar-refractivity contribution is 9.10. The molecule has 18 heavy (non-hydrogen) atoms. The Morgan fingerprint density at radius 1 is 1.28 bits per heavy atom. The van der Waals surface area contributed by atoms with Crippen LogP contribution in [-0.2, 0) is 6.54 Å². The Morgan fingerprint density at radius 3 is 2.72 bits per heavy atom. The lowest BCUT2D eigenvalue weighted by atomic mass is 10.2. The molecule has 94 valence electrons. The molecule has 0 spiro atoms. The quantitative estimate of drug-likeness (QED) is 0.933. The van der Waals surface area contributed by atoms with Crippen LogP contribution in [0.4, 0.5) is 5.69 Å². The number of pyridine rings is 1. The zero-order chi connectivity index (χ0) is 13.0. The fourth-order valence-electron chi connectivity index (χ4n) is 1.66. The third-order valence-electron chi connectivity index (χ3n) is 2.68. The molecule has 3 nitrogen and oxygen atoms in total. The summed E-state index contributed by atoms with van der Waals surface area (Å²) in [5.41, 5.74) is 3.47. The molecular weight excluding hydrogens is 292 g/mol. The van der Waals surface area contributed by atoms with E-state index in [0.29, 0.717) is 5.88 Å². The summed E-state index contributed by atoms with van der Waals surface area (Å²) < 4.78 is 6.12. The maximum Gasteiger partial charge on any atom is 0.212 e. The van der Waals surface area contributed by atoms with Crippen molar-refractivity contribution in [2.45, 2.75) is 13.5 Å². The first-order valence-corrected chi connectivity index (χ1v) is 6.47. The van der Waals surface area contributed by atoms with Gasteiger partial charge in [0.1, 0.15) is 0 Å². The first-order chi connectivity index (χ1) is 8.69. The second-order valence-electron chi connectivity index (χ2n) is 4.02. The third kappa shape index (κ3) is 3.23. The van der Waals surface area contributed by atoms with E-state index in [0.717, 1.165) is 22.3 Å². The first kappa shape index (κ1) is 12.9. The van der Waals surface area contributed by atoms with Crippen molar-refractivity contribution < 1.29 is 4.74 Å². The molecule has 1 aromatic carbocycles. The van der Waals surface area contributed by atoms with Gasteiger partial charge in [0.2, 0.25) is 5.88 Å². The van der Waals surface area contributed by atoms with E-state index in [9.17, 15) is 0 Å². The van der Waals surface area contributed by atoms with Gasteiger partial charge in [-0.3, -0.25) is 0 Å². The molecule has 1 aromatic heterocycles. The highest BCUT2D eigenvalue weighted by Gasteiger charge is 2.00. The fraction of sp³-hybridized carbons (Fsp3) is 0.214. The Hall–Kier alpha value is -1.55. The van der Waals surface area contributed by atoms with Crippen LogP contribution in [0.25, 0.3) is 0 Å². The highest BCUT2D eigenvalue weighted by atomic mass is 79.9. The van der Waals surface area contributed by atoms with E-state index in [2.05, 4.69) is 45.3 Å². The second-order valence-corrected chi connectivity index (χ2v) is 4.94. The summed E-state index contributed by atoms with van der Waals surface area (Å²) in [5, 5.41) is 3.39. The molecule has 0 bridgehead atoms. The lowest BCUT2D eigenvalue weighted by Crippen LogP contribution is -2.01. The lowest BCUT2D eigenvalue weighted by Gasteiger charge is -2.10. The number of nitrogens with one attached hydrogen (secondary N) is 1. The Bertz CT molecular complexity index is 526. The highest BCUT2D eigenvalue weighted by Crippen LogP contribution is 2.20. The fourth-order valence-corrected chi connectivity index (χ4v) is 2.13. The number of hydrogen-bond donors (Lipinski definition) is 1. The zero-order valence-corrected chi connectivity index (χ0v) is 12.0. The van der Waals surface area contributed by atoms with Gasteiger partial charge in [0.15, 0.2) is 0 Å². The van der Waals surface area contributed by atoms with Crippen LogP contribution >= 0.6 is 15.9 Å². The van der Waals surface area contributed by atoms with Gasteiger partial charge < -0.3 is 10.1 Å². The number of halogens is 1. The van der Waals surface area contributed by atoms with E-state index >= 15 is 0 Å². The smallest absolute Gasteiger partial charge is 0.212 e. The van der Waals surface area contributed by atoms with Crippen LogP contribution in [0.5, 0.6) is 5.88 Å². The predicted molar refractivity (Wildman–Crippen MR) is 77.0 cm³/mol. The summed E-state index contributed by atoms with van der Waals surface area (Å²) in [6, 6.07) is 10.1. The number of rotatable bonds is 4. The standard InChI is InChI=1S/C14H15BrN2O/c1-10-7-12(15)4-5-13(10)16-8-11-3-6-14(18-2)17-9-11/h3-7,9,16H,8H2,1-2H3. The first-order valence-electron chi connectivity index (χ1n) is 5.68. The van der Waals surface area contributed by atoms with Crippen molar-refractivity contribution in [1.82, 2.24) is 4.98 Å². The van der Waals surface area contributed by atoms with Gasteiger partial charge in [-0.1, -0.05) is 22.0 Å². The molecule has 0 fully saturated rings. The summed E-state index contributed by atoms with van der Waals surface area (Å²) in [6.07, 6.45) is 1.82. The Labute approximate surface area is 115 Å². The number of nitrogens with zero attached hydrogens (tertiary/aromatic N) is 1. The van der Waals surface area contributed by atoms with E-state index in [1.165, 1.54) is 5.56 Å². The van der Waals surface area contributed by atoms with Crippen molar-refractivity contribution in [1.29, 1.82) is 0 Å². The number of hydrogen-bond acceptors (Lipinski definition) is 3. The van der Waals surface area contributed by atoms with Crippen LogP contribution < -0.4 is 10.1 Å². The summed E-state index contributed by atoms with van der Waals surface area (Å²) in [5.74, 6) is 0.638. The molecule has 0 atom stereocenters. The van der Waals surface area contributed by atoms with Crippen molar-refractivity contribution in [3.05, 3.63) is 52.1 Å². The maximum absolute atomic E-state index is 5.03. The molecule has 4 heteroatoms. The summed E-state index contributed by atoms with van der Waals surface area (Å²) in [4.78, 5) is 4.18. The number of ether oxygens (including phenoxy) is 1. The molecule has 0 amide bonds. The van der Waals surface area contributed by atoms with Gasteiger partial charge in [0.25, 0.3) is 0 Å². The lowest BCUT2D eigenvalue weighted by molar-refractivity contribution is 0.397. The number of benzene rings is 1. The van der Waals surface area contributed by atoms with Gasteiger partial charge in [0, 0.05) is 29.0 Å². The van der Waals surface area contributed by atoms with Gasteiger partial charge >= 0.3 is 0 Å². The van der Waals surface area contributed by atoms with Gasteiger partial charge in [-0.2, -0.15) is 0 Å². The predicted octanol–water partition coefficient (Wildman–Crippen LogP) is 3.77. The molecule has 0 aliphatic heterocycles. The summed E-state index contributed by atoms with van der Waals surface area (Å²) >= 11 is 3.46. The Kier molecular flexibility index (Phi) is 4.20. The van der Waals surface area contributed by atoms with Gasteiger partial charge in [-0.05, 0) is 36.2 Å². The summed E-state index contributed by atoms with van der Waals surface area (Å²) in [6.45, 7) is 2.83. The monoisotopic (exact) mass is 306 g/mol. The van der Waals surface area contributed by atoms with E-state index in [-0.39, 0.29) is 0 Å².